The molecule has 2 heteroatoms. The van der Waals surface area contributed by atoms with Crippen molar-refractivity contribution < 1.29 is 4.39 Å². The van der Waals surface area contributed by atoms with Gasteiger partial charge in [0.2, 0.25) is 0 Å². The SMILES string of the molecule is CCCCCCCCCc1csc(-c2ccc(F)cc2)c1. The summed E-state index contributed by atoms with van der Waals surface area (Å²) in [4.78, 5) is 1.24. The molecule has 0 aliphatic heterocycles. The Hall–Kier alpha value is -1.15. The van der Waals surface area contributed by atoms with E-state index in [1.54, 1.807) is 11.3 Å². The lowest BCUT2D eigenvalue weighted by molar-refractivity contribution is 0.589. The molecule has 0 amide bonds. The van der Waals surface area contributed by atoms with Gasteiger partial charge in [-0.3, -0.25) is 0 Å². The summed E-state index contributed by atoms with van der Waals surface area (Å²) in [7, 11) is 0. The molecule has 0 N–H and O–H groups in total. The Morgan fingerprint density at radius 3 is 2.29 bits per heavy atom. The number of unbranched alkanes of at least 4 members (excludes halogenated alkanes) is 6. The van der Waals surface area contributed by atoms with Crippen LogP contribution in [-0.2, 0) is 6.42 Å². The van der Waals surface area contributed by atoms with Crippen molar-refractivity contribution in [1.29, 1.82) is 0 Å². The maximum atomic E-state index is 12.9. The highest BCUT2D eigenvalue weighted by atomic mass is 32.1. The van der Waals surface area contributed by atoms with Gasteiger partial charge in [-0.15, -0.1) is 11.3 Å². The van der Waals surface area contributed by atoms with Gasteiger partial charge in [0.1, 0.15) is 5.82 Å². The maximum absolute atomic E-state index is 12.9. The van der Waals surface area contributed by atoms with Crippen molar-refractivity contribution in [3.8, 4) is 10.4 Å². The standard InChI is InChI=1S/C19H25FS/c1-2-3-4-5-6-7-8-9-16-14-19(21-15-16)17-10-12-18(20)13-11-17/h10-15H,2-9H2,1H3. The van der Waals surface area contributed by atoms with Gasteiger partial charge in [-0.2, -0.15) is 0 Å². The summed E-state index contributed by atoms with van der Waals surface area (Å²) in [5, 5.41) is 2.25. The van der Waals surface area contributed by atoms with Crippen molar-refractivity contribution >= 4 is 11.3 Å². The molecule has 0 aliphatic carbocycles. The smallest absolute Gasteiger partial charge is 0.123 e. The molecule has 114 valence electrons. The highest BCUT2D eigenvalue weighted by molar-refractivity contribution is 7.13. The van der Waals surface area contributed by atoms with Crippen molar-refractivity contribution in [3.63, 3.8) is 0 Å². The third kappa shape index (κ3) is 5.62. The minimum atomic E-state index is -0.168. The summed E-state index contributed by atoms with van der Waals surface area (Å²) in [5.41, 5.74) is 2.54. The van der Waals surface area contributed by atoms with E-state index in [9.17, 15) is 4.39 Å². The Labute approximate surface area is 132 Å². The third-order valence-corrected chi connectivity index (χ3v) is 4.88. The predicted molar refractivity (Wildman–Crippen MR) is 91.4 cm³/mol. The van der Waals surface area contributed by atoms with Crippen molar-refractivity contribution in [2.24, 2.45) is 0 Å². The fraction of sp³-hybridized carbons (Fsp3) is 0.474. The first-order valence-electron chi connectivity index (χ1n) is 8.13. The van der Waals surface area contributed by atoms with Gasteiger partial charge in [-0.1, -0.05) is 57.6 Å². The van der Waals surface area contributed by atoms with Crippen LogP contribution in [0.1, 0.15) is 57.4 Å². The summed E-state index contributed by atoms with van der Waals surface area (Å²) in [5.74, 6) is -0.168. The topological polar surface area (TPSA) is 0 Å². The van der Waals surface area contributed by atoms with E-state index in [1.165, 1.54) is 73.9 Å². The minimum absolute atomic E-state index is 0.168. The molecule has 0 aliphatic rings. The zero-order chi connectivity index (χ0) is 14.9. The summed E-state index contributed by atoms with van der Waals surface area (Å²) in [6, 6.07) is 9.04. The molecule has 0 unspecified atom stereocenters. The second-order valence-corrected chi connectivity index (χ2v) is 6.61. The first-order chi connectivity index (χ1) is 10.3. The van der Waals surface area contributed by atoms with Crippen molar-refractivity contribution in [1.82, 2.24) is 0 Å². The molecular formula is C19H25FS. The molecule has 0 bridgehead atoms. The van der Waals surface area contributed by atoms with Gasteiger partial charge in [0, 0.05) is 4.88 Å². The lowest BCUT2D eigenvalue weighted by Crippen LogP contribution is -1.84. The van der Waals surface area contributed by atoms with Crippen LogP contribution in [0.2, 0.25) is 0 Å². The van der Waals surface area contributed by atoms with Gasteiger partial charge >= 0.3 is 0 Å². The molecule has 2 rings (SSSR count). The molecule has 0 saturated carbocycles. The Bertz CT molecular complexity index is 513. The van der Waals surface area contributed by atoms with Crippen LogP contribution >= 0.6 is 11.3 Å². The normalized spacial score (nSPS) is 11.0. The second kappa shape index (κ2) is 8.99. The lowest BCUT2D eigenvalue weighted by Gasteiger charge is -2.00. The highest BCUT2D eigenvalue weighted by Gasteiger charge is 2.03. The molecule has 0 nitrogen and oxygen atoms in total. The number of hydrogen-bond acceptors (Lipinski definition) is 1. The van der Waals surface area contributed by atoms with Gasteiger partial charge < -0.3 is 0 Å². The van der Waals surface area contributed by atoms with Gasteiger partial charge in [0.15, 0.2) is 0 Å². The zero-order valence-corrected chi connectivity index (χ0v) is 13.7. The number of rotatable bonds is 9. The number of thiophene rings is 1. The summed E-state index contributed by atoms with van der Waals surface area (Å²) in [6.45, 7) is 2.26. The van der Waals surface area contributed by atoms with E-state index in [0.29, 0.717) is 0 Å². The fourth-order valence-electron chi connectivity index (χ4n) is 2.56. The second-order valence-electron chi connectivity index (χ2n) is 5.70. The fourth-order valence-corrected chi connectivity index (χ4v) is 3.51. The number of benzene rings is 1. The summed E-state index contributed by atoms with van der Waals surface area (Å²) < 4.78 is 12.9. The van der Waals surface area contributed by atoms with E-state index in [4.69, 9.17) is 0 Å². The van der Waals surface area contributed by atoms with Gasteiger partial charge in [-0.05, 0) is 47.5 Å². The molecule has 0 saturated heterocycles. The summed E-state index contributed by atoms with van der Waals surface area (Å²) in [6.07, 6.45) is 10.6. The Morgan fingerprint density at radius 1 is 0.905 bits per heavy atom. The zero-order valence-electron chi connectivity index (χ0n) is 12.9. The quantitative estimate of drug-likeness (QED) is 0.444. The molecule has 0 atom stereocenters. The van der Waals surface area contributed by atoms with E-state index in [0.717, 1.165) is 5.56 Å². The molecular weight excluding hydrogens is 279 g/mol. The Morgan fingerprint density at radius 2 is 1.57 bits per heavy atom. The van der Waals surface area contributed by atoms with Crippen LogP contribution in [0.4, 0.5) is 4.39 Å². The number of halogens is 1. The van der Waals surface area contributed by atoms with Gasteiger partial charge in [-0.25, -0.2) is 4.39 Å². The van der Waals surface area contributed by atoms with E-state index >= 15 is 0 Å². The molecule has 1 aromatic carbocycles. The third-order valence-electron chi connectivity index (χ3n) is 3.85. The van der Waals surface area contributed by atoms with Crippen LogP contribution in [0.15, 0.2) is 35.7 Å². The van der Waals surface area contributed by atoms with Crippen LogP contribution in [-0.4, -0.2) is 0 Å². The van der Waals surface area contributed by atoms with Gasteiger partial charge in [0.05, 0.1) is 0 Å². The Kier molecular flexibility index (Phi) is 6.94. The van der Waals surface area contributed by atoms with Crippen LogP contribution in [0, 0.1) is 5.82 Å². The molecule has 0 spiro atoms. The number of hydrogen-bond donors (Lipinski definition) is 0. The largest absolute Gasteiger partial charge is 0.207 e. The molecule has 2 aromatic rings. The monoisotopic (exact) mass is 304 g/mol. The molecule has 0 radical (unpaired) electrons. The average Bonchev–Trinajstić information content (AvgIpc) is 2.96. The molecule has 0 fully saturated rings. The van der Waals surface area contributed by atoms with E-state index in [1.807, 2.05) is 12.1 Å². The van der Waals surface area contributed by atoms with E-state index in [-0.39, 0.29) is 5.82 Å². The average molecular weight is 304 g/mol. The molecule has 21 heavy (non-hydrogen) atoms. The van der Waals surface area contributed by atoms with Crippen LogP contribution in [0.3, 0.4) is 0 Å². The lowest BCUT2D eigenvalue weighted by atomic mass is 10.1. The Balaban J connectivity index is 1.72. The molecule has 1 aromatic heterocycles. The minimum Gasteiger partial charge on any atom is -0.207 e. The van der Waals surface area contributed by atoms with Crippen LogP contribution in [0.25, 0.3) is 10.4 Å². The van der Waals surface area contributed by atoms with E-state index in [2.05, 4.69) is 18.4 Å². The van der Waals surface area contributed by atoms with Crippen molar-refractivity contribution in [3.05, 3.63) is 47.1 Å². The highest BCUT2D eigenvalue weighted by Crippen LogP contribution is 2.28. The predicted octanol–water partition coefficient (Wildman–Crippen LogP) is 6.85. The first kappa shape index (κ1) is 16.2. The summed E-state index contributed by atoms with van der Waals surface area (Å²) >= 11 is 1.76. The van der Waals surface area contributed by atoms with Gasteiger partial charge in [0.25, 0.3) is 0 Å². The first-order valence-corrected chi connectivity index (χ1v) is 9.01. The number of aryl methyl sites for hydroxylation is 1. The van der Waals surface area contributed by atoms with Crippen molar-refractivity contribution in [2.75, 3.05) is 0 Å². The van der Waals surface area contributed by atoms with Crippen LogP contribution in [0.5, 0.6) is 0 Å². The van der Waals surface area contributed by atoms with Crippen molar-refractivity contribution in [2.45, 2.75) is 58.3 Å². The maximum Gasteiger partial charge on any atom is 0.123 e. The molecule has 1 heterocycles. The van der Waals surface area contributed by atoms with E-state index < -0.39 is 0 Å². The van der Waals surface area contributed by atoms with Crippen LogP contribution < -0.4 is 0 Å².